The van der Waals surface area contributed by atoms with E-state index < -0.39 is 0 Å². The van der Waals surface area contributed by atoms with Crippen LogP contribution in [0.2, 0.25) is 10.0 Å². The van der Waals surface area contributed by atoms with Crippen LogP contribution in [-0.2, 0) is 13.1 Å². The normalized spacial score (nSPS) is 11.0. The Morgan fingerprint density at radius 2 is 1.79 bits per heavy atom. The van der Waals surface area contributed by atoms with E-state index in [0.29, 0.717) is 34.1 Å². The first-order valence-corrected chi connectivity index (χ1v) is 12.2. The van der Waals surface area contributed by atoms with Crippen LogP contribution in [0.4, 0.5) is 15.9 Å². The van der Waals surface area contributed by atoms with Gasteiger partial charge in [-0.1, -0.05) is 41.4 Å². The Hall–Kier alpha value is -2.46. The van der Waals surface area contributed by atoms with Crippen LogP contribution in [-0.4, -0.2) is 24.7 Å². The first kappa shape index (κ1) is 24.7. The topological polar surface area (TPSA) is 59.7 Å². The van der Waals surface area contributed by atoms with Gasteiger partial charge in [0.2, 0.25) is 0 Å². The van der Waals surface area contributed by atoms with Gasteiger partial charge in [0.1, 0.15) is 5.82 Å². The first-order chi connectivity index (χ1) is 16.2. The molecule has 2 heterocycles. The molecular weight excluding hydrogens is 562 g/mol. The summed E-state index contributed by atoms with van der Waals surface area (Å²) in [7, 11) is 0. The van der Waals surface area contributed by atoms with Crippen molar-refractivity contribution < 1.29 is 4.39 Å². The van der Waals surface area contributed by atoms with E-state index in [0.717, 1.165) is 32.7 Å². The van der Waals surface area contributed by atoms with E-state index in [1.54, 1.807) is 28.9 Å². The van der Waals surface area contributed by atoms with Crippen LogP contribution >= 0.6 is 51.3 Å². The fourth-order valence-electron chi connectivity index (χ4n) is 3.43. The first-order valence-electron chi connectivity index (χ1n) is 10.2. The van der Waals surface area contributed by atoms with Gasteiger partial charge in [0.05, 0.1) is 34.6 Å². The standard InChI is InChI=1S/C23H20BrCl2FN6S/c1-13-21(14(2)33(30-13)11-16-5-6-17(25)9-20(16)26)28-23(34)29-22-19(24)12-32(31-22)10-15-3-7-18(27)8-4-15/h3-9,12H,10-11H2,1-2H3,(H2,28,29,31,34). The van der Waals surface area contributed by atoms with E-state index in [1.807, 2.05) is 30.8 Å². The minimum atomic E-state index is -0.269. The Labute approximate surface area is 220 Å². The van der Waals surface area contributed by atoms with E-state index in [1.165, 1.54) is 12.1 Å². The zero-order chi connectivity index (χ0) is 24.4. The highest BCUT2D eigenvalue weighted by molar-refractivity contribution is 9.10. The highest BCUT2D eigenvalue weighted by Gasteiger charge is 2.16. The van der Waals surface area contributed by atoms with Gasteiger partial charge in [0, 0.05) is 16.2 Å². The molecule has 0 radical (unpaired) electrons. The average molecular weight is 582 g/mol. The van der Waals surface area contributed by atoms with Crippen molar-refractivity contribution in [3.05, 3.63) is 91.5 Å². The predicted octanol–water partition coefficient (Wildman–Crippen LogP) is 6.81. The molecule has 34 heavy (non-hydrogen) atoms. The number of benzene rings is 2. The van der Waals surface area contributed by atoms with Crippen molar-refractivity contribution >= 4 is 68.0 Å². The lowest BCUT2D eigenvalue weighted by Gasteiger charge is -2.11. The van der Waals surface area contributed by atoms with Crippen LogP contribution in [0.3, 0.4) is 0 Å². The summed E-state index contributed by atoms with van der Waals surface area (Å²) in [5.41, 5.74) is 4.37. The SMILES string of the molecule is Cc1nn(Cc2ccc(Cl)cc2Cl)c(C)c1NC(=S)Nc1nn(Cc2ccc(F)cc2)cc1Br. The third kappa shape index (κ3) is 5.78. The van der Waals surface area contributed by atoms with Gasteiger partial charge in [-0.15, -0.1) is 0 Å². The second-order valence-corrected chi connectivity index (χ2v) is 9.77. The third-order valence-electron chi connectivity index (χ3n) is 5.16. The molecule has 11 heteroatoms. The third-order valence-corrected chi connectivity index (χ3v) is 6.53. The molecule has 4 aromatic rings. The second-order valence-electron chi connectivity index (χ2n) is 7.67. The van der Waals surface area contributed by atoms with Gasteiger partial charge in [-0.2, -0.15) is 10.2 Å². The summed E-state index contributed by atoms with van der Waals surface area (Å²) in [4.78, 5) is 0. The van der Waals surface area contributed by atoms with E-state index in [-0.39, 0.29) is 5.82 Å². The Bertz CT molecular complexity index is 1350. The molecule has 6 nitrogen and oxygen atoms in total. The molecule has 0 aliphatic carbocycles. The lowest BCUT2D eigenvalue weighted by atomic mass is 10.2. The Morgan fingerprint density at radius 1 is 1.06 bits per heavy atom. The fourth-order valence-corrected chi connectivity index (χ4v) is 4.52. The zero-order valence-electron chi connectivity index (χ0n) is 18.2. The number of aromatic nitrogens is 4. The molecule has 2 N–H and O–H groups in total. The van der Waals surface area contributed by atoms with Gasteiger partial charge in [-0.25, -0.2) is 4.39 Å². The lowest BCUT2D eigenvalue weighted by Crippen LogP contribution is -2.20. The van der Waals surface area contributed by atoms with E-state index in [2.05, 4.69) is 36.8 Å². The zero-order valence-corrected chi connectivity index (χ0v) is 22.2. The van der Waals surface area contributed by atoms with E-state index in [9.17, 15) is 4.39 Å². The van der Waals surface area contributed by atoms with Gasteiger partial charge in [0.15, 0.2) is 10.9 Å². The van der Waals surface area contributed by atoms with Crippen LogP contribution in [0, 0.1) is 19.7 Å². The maximum Gasteiger partial charge on any atom is 0.176 e. The van der Waals surface area contributed by atoms with Crippen molar-refractivity contribution in [3.8, 4) is 0 Å². The number of hydrogen-bond acceptors (Lipinski definition) is 3. The highest BCUT2D eigenvalue weighted by atomic mass is 79.9. The lowest BCUT2D eigenvalue weighted by molar-refractivity contribution is 0.624. The van der Waals surface area contributed by atoms with E-state index >= 15 is 0 Å². The molecule has 0 fully saturated rings. The predicted molar refractivity (Wildman–Crippen MR) is 143 cm³/mol. The summed E-state index contributed by atoms with van der Waals surface area (Å²) in [6.07, 6.45) is 1.83. The second kappa shape index (κ2) is 10.4. The molecular formula is C23H20BrCl2FN6S. The minimum absolute atomic E-state index is 0.269. The average Bonchev–Trinajstić information content (AvgIpc) is 3.24. The molecule has 0 bridgehead atoms. The van der Waals surface area contributed by atoms with Gasteiger partial charge in [-0.05, 0) is 77.4 Å². The summed E-state index contributed by atoms with van der Waals surface area (Å²) in [6.45, 7) is 4.87. The Morgan fingerprint density at radius 3 is 2.50 bits per heavy atom. The van der Waals surface area contributed by atoms with Crippen LogP contribution in [0.15, 0.2) is 53.1 Å². The van der Waals surface area contributed by atoms with Crippen LogP contribution in [0.25, 0.3) is 0 Å². The van der Waals surface area contributed by atoms with Crippen LogP contribution < -0.4 is 10.6 Å². The smallest absolute Gasteiger partial charge is 0.176 e. The molecule has 0 unspecified atom stereocenters. The number of nitrogens with one attached hydrogen (secondary N) is 2. The number of rotatable bonds is 6. The molecule has 0 aliphatic rings. The van der Waals surface area contributed by atoms with Crippen LogP contribution in [0.1, 0.15) is 22.5 Å². The maximum atomic E-state index is 13.1. The van der Waals surface area contributed by atoms with Crippen molar-refractivity contribution in [3.63, 3.8) is 0 Å². The summed E-state index contributed by atoms with van der Waals surface area (Å²) >= 11 is 21.4. The molecule has 0 aliphatic heterocycles. The number of anilines is 2. The summed E-state index contributed by atoms with van der Waals surface area (Å²) < 4.78 is 17.5. The molecule has 0 saturated carbocycles. The van der Waals surface area contributed by atoms with Gasteiger partial charge < -0.3 is 10.6 Å². The van der Waals surface area contributed by atoms with E-state index in [4.69, 9.17) is 35.4 Å². The number of hydrogen-bond donors (Lipinski definition) is 2. The maximum absolute atomic E-state index is 13.1. The van der Waals surface area contributed by atoms with Crippen molar-refractivity contribution in [1.29, 1.82) is 0 Å². The molecule has 0 spiro atoms. The van der Waals surface area contributed by atoms with Gasteiger partial charge in [0.25, 0.3) is 0 Å². The quantitative estimate of drug-likeness (QED) is 0.245. The van der Waals surface area contributed by atoms with Crippen molar-refractivity contribution in [2.24, 2.45) is 0 Å². The molecule has 176 valence electrons. The number of nitrogens with zero attached hydrogens (tertiary/aromatic N) is 4. The van der Waals surface area contributed by atoms with Gasteiger partial charge in [-0.3, -0.25) is 9.36 Å². The van der Waals surface area contributed by atoms with Crippen molar-refractivity contribution in [2.45, 2.75) is 26.9 Å². The number of aryl methyl sites for hydroxylation is 1. The Balaban J connectivity index is 1.44. The summed E-state index contributed by atoms with van der Waals surface area (Å²) in [6, 6.07) is 11.7. The fraction of sp³-hybridized carbons (Fsp3) is 0.174. The molecule has 4 rings (SSSR count). The minimum Gasteiger partial charge on any atom is -0.329 e. The number of halogens is 4. The van der Waals surface area contributed by atoms with Gasteiger partial charge >= 0.3 is 0 Å². The molecule has 2 aromatic carbocycles. The molecule has 0 amide bonds. The Kier molecular flexibility index (Phi) is 7.57. The summed E-state index contributed by atoms with van der Waals surface area (Å²) in [5, 5.41) is 17.0. The summed E-state index contributed by atoms with van der Waals surface area (Å²) in [5.74, 6) is 0.296. The molecule has 2 aromatic heterocycles. The molecule has 0 saturated heterocycles. The van der Waals surface area contributed by atoms with Crippen molar-refractivity contribution in [1.82, 2.24) is 19.6 Å². The largest absolute Gasteiger partial charge is 0.329 e. The van der Waals surface area contributed by atoms with Crippen molar-refractivity contribution in [2.75, 3.05) is 10.6 Å². The monoisotopic (exact) mass is 580 g/mol. The number of thiocarbonyl (C=S) groups is 1. The molecule has 0 atom stereocenters. The highest BCUT2D eigenvalue weighted by Crippen LogP contribution is 2.26. The van der Waals surface area contributed by atoms with Crippen LogP contribution in [0.5, 0.6) is 0 Å².